The molecule has 0 bridgehead atoms. The monoisotopic (exact) mass is 433 g/mol. The van der Waals surface area contributed by atoms with Crippen molar-refractivity contribution in [3.63, 3.8) is 0 Å². The standard InChI is InChI=1S/C21H18F3N3O4/c22-14-4-1-12(17(23)18(14)24)10-25-19(29)21(31)7-8-27(20(21)30)13-3-5-15-11(9-13)2-6-16(28)26-15/h1,3-5,9,31H,2,6-8,10H2,(H,25,29)(H,26,28)/t21-/m0/s1. The van der Waals surface area contributed by atoms with Gasteiger partial charge >= 0.3 is 0 Å². The molecule has 7 nitrogen and oxygen atoms in total. The summed E-state index contributed by atoms with van der Waals surface area (Å²) in [5.41, 5.74) is -0.754. The van der Waals surface area contributed by atoms with Crippen LogP contribution < -0.4 is 15.5 Å². The fourth-order valence-electron chi connectivity index (χ4n) is 3.72. The van der Waals surface area contributed by atoms with Crippen molar-refractivity contribution >= 4 is 29.1 Å². The largest absolute Gasteiger partial charge is 0.372 e. The molecule has 31 heavy (non-hydrogen) atoms. The number of aliphatic hydroxyl groups is 1. The van der Waals surface area contributed by atoms with Gasteiger partial charge in [0.25, 0.3) is 11.8 Å². The molecule has 0 saturated carbocycles. The predicted octanol–water partition coefficient (Wildman–Crippen LogP) is 1.77. The highest BCUT2D eigenvalue weighted by Gasteiger charge is 2.51. The molecule has 2 heterocycles. The summed E-state index contributed by atoms with van der Waals surface area (Å²) in [6.07, 6.45) is 0.616. The highest BCUT2D eigenvalue weighted by atomic mass is 19.2. The number of carbonyl (C=O) groups is 3. The van der Waals surface area contributed by atoms with E-state index in [-0.39, 0.29) is 24.4 Å². The van der Waals surface area contributed by atoms with Crippen LogP contribution in [0.5, 0.6) is 0 Å². The van der Waals surface area contributed by atoms with Crippen LogP contribution in [0.2, 0.25) is 0 Å². The fraction of sp³-hybridized carbons (Fsp3) is 0.286. The first-order valence-electron chi connectivity index (χ1n) is 9.58. The molecule has 3 amide bonds. The number of amides is 3. The van der Waals surface area contributed by atoms with Crippen LogP contribution in [0.1, 0.15) is 24.0 Å². The van der Waals surface area contributed by atoms with Gasteiger partial charge in [0.15, 0.2) is 17.5 Å². The van der Waals surface area contributed by atoms with E-state index in [1.807, 2.05) is 0 Å². The van der Waals surface area contributed by atoms with Crippen LogP contribution in [0.25, 0.3) is 0 Å². The van der Waals surface area contributed by atoms with E-state index in [1.54, 1.807) is 18.2 Å². The van der Waals surface area contributed by atoms with E-state index in [0.29, 0.717) is 24.2 Å². The number of aryl methyl sites for hydroxylation is 1. The van der Waals surface area contributed by atoms with E-state index in [2.05, 4.69) is 10.6 Å². The minimum atomic E-state index is -2.38. The molecule has 2 aromatic rings. The number of rotatable bonds is 4. The molecule has 0 radical (unpaired) electrons. The lowest BCUT2D eigenvalue weighted by Gasteiger charge is -2.24. The summed E-state index contributed by atoms with van der Waals surface area (Å²) in [6.45, 7) is -0.469. The number of anilines is 2. The first-order valence-corrected chi connectivity index (χ1v) is 9.58. The van der Waals surface area contributed by atoms with Gasteiger partial charge < -0.3 is 20.6 Å². The van der Waals surface area contributed by atoms with Crippen molar-refractivity contribution < 1.29 is 32.7 Å². The summed E-state index contributed by atoms with van der Waals surface area (Å²) < 4.78 is 40.1. The highest BCUT2D eigenvalue weighted by Crippen LogP contribution is 2.33. The smallest absolute Gasteiger partial charge is 0.268 e. The molecule has 0 spiro atoms. The van der Waals surface area contributed by atoms with Gasteiger partial charge in [-0.15, -0.1) is 0 Å². The summed E-state index contributed by atoms with van der Waals surface area (Å²) >= 11 is 0. The van der Waals surface area contributed by atoms with Crippen molar-refractivity contribution in [1.82, 2.24) is 5.32 Å². The molecule has 2 aliphatic rings. The minimum absolute atomic E-state index is 0.0629. The lowest BCUT2D eigenvalue weighted by Crippen LogP contribution is -2.52. The van der Waals surface area contributed by atoms with Crippen molar-refractivity contribution in [3.8, 4) is 0 Å². The molecular formula is C21H18F3N3O4. The van der Waals surface area contributed by atoms with E-state index in [0.717, 1.165) is 17.7 Å². The predicted molar refractivity (Wildman–Crippen MR) is 103 cm³/mol. The van der Waals surface area contributed by atoms with Crippen LogP contribution in [-0.4, -0.2) is 35.0 Å². The van der Waals surface area contributed by atoms with Crippen molar-refractivity contribution in [3.05, 3.63) is 58.9 Å². The Morgan fingerprint density at radius 1 is 1.13 bits per heavy atom. The second-order valence-corrected chi connectivity index (χ2v) is 7.47. The van der Waals surface area contributed by atoms with Gasteiger partial charge in [0, 0.05) is 42.9 Å². The van der Waals surface area contributed by atoms with Crippen LogP contribution in [-0.2, 0) is 27.3 Å². The average molecular weight is 433 g/mol. The van der Waals surface area contributed by atoms with Gasteiger partial charge in [0.2, 0.25) is 11.5 Å². The second-order valence-electron chi connectivity index (χ2n) is 7.47. The number of halogens is 3. The topological polar surface area (TPSA) is 98.7 Å². The van der Waals surface area contributed by atoms with Crippen molar-refractivity contribution in [2.75, 3.05) is 16.8 Å². The first kappa shape index (κ1) is 20.9. The molecule has 0 unspecified atom stereocenters. The number of hydrogen-bond acceptors (Lipinski definition) is 4. The first-order chi connectivity index (χ1) is 14.7. The molecule has 0 aliphatic carbocycles. The third kappa shape index (κ3) is 3.63. The second kappa shape index (κ2) is 7.69. The number of nitrogens with one attached hydrogen (secondary N) is 2. The highest BCUT2D eigenvalue weighted by molar-refractivity contribution is 6.16. The molecule has 1 fully saturated rings. The van der Waals surface area contributed by atoms with Gasteiger partial charge in [-0.25, -0.2) is 13.2 Å². The zero-order valence-electron chi connectivity index (χ0n) is 16.2. The molecular weight excluding hydrogens is 415 g/mol. The van der Waals surface area contributed by atoms with Gasteiger partial charge in [0.05, 0.1) is 0 Å². The summed E-state index contributed by atoms with van der Waals surface area (Å²) in [5.74, 6) is -6.49. The number of nitrogens with zero attached hydrogens (tertiary/aromatic N) is 1. The molecule has 1 atom stereocenters. The SMILES string of the molecule is O=C1CCc2cc(N3CC[C@](O)(C(=O)NCc4ccc(F)c(F)c4F)C3=O)ccc2N1. The van der Waals surface area contributed by atoms with E-state index in [1.165, 1.54) is 4.90 Å². The maximum absolute atomic E-state index is 13.8. The molecule has 2 aromatic carbocycles. The zero-order chi connectivity index (χ0) is 22.3. The molecule has 4 rings (SSSR count). The Bertz CT molecular complexity index is 1110. The number of hydrogen-bond donors (Lipinski definition) is 3. The van der Waals surface area contributed by atoms with E-state index >= 15 is 0 Å². The van der Waals surface area contributed by atoms with Crippen LogP contribution in [0, 0.1) is 17.5 Å². The van der Waals surface area contributed by atoms with Crippen LogP contribution in [0.15, 0.2) is 30.3 Å². The normalized spacial score (nSPS) is 20.5. The maximum atomic E-state index is 13.8. The van der Waals surface area contributed by atoms with Crippen LogP contribution >= 0.6 is 0 Å². The van der Waals surface area contributed by atoms with Gasteiger partial charge in [-0.3, -0.25) is 14.4 Å². The third-order valence-corrected chi connectivity index (χ3v) is 5.52. The number of carbonyl (C=O) groups excluding carboxylic acids is 3. The summed E-state index contributed by atoms with van der Waals surface area (Å²) in [6, 6.07) is 6.65. The Kier molecular flexibility index (Phi) is 5.18. The van der Waals surface area contributed by atoms with E-state index in [9.17, 15) is 32.7 Å². The Hall–Kier alpha value is -3.40. The van der Waals surface area contributed by atoms with Gasteiger partial charge in [-0.05, 0) is 36.2 Å². The molecule has 3 N–H and O–H groups in total. The van der Waals surface area contributed by atoms with E-state index < -0.39 is 41.4 Å². The summed E-state index contributed by atoms with van der Waals surface area (Å²) in [7, 11) is 0. The quantitative estimate of drug-likeness (QED) is 0.506. The number of fused-ring (bicyclic) bond motifs is 1. The lowest BCUT2D eigenvalue weighted by atomic mass is 10.0. The van der Waals surface area contributed by atoms with Crippen LogP contribution in [0.4, 0.5) is 24.5 Å². The lowest BCUT2D eigenvalue weighted by molar-refractivity contribution is -0.149. The molecule has 1 saturated heterocycles. The molecule has 2 aliphatic heterocycles. The Morgan fingerprint density at radius 2 is 1.90 bits per heavy atom. The van der Waals surface area contributed by atoms with Gasteiger partial charge in [-0.1, -0.05) is 6.07 Å². The van der Waals surface area contributed by atoms with Crippen molar-refractivity contribution in [1.29, 1.82) is 0 Å². The Balaban J connectivity index is 1.48. The number of benzene rings is 2. The molecule has 0 aromatic heterocycles. The van der Waals surface area contributed by atoms with Crippen molar-refractivity contribution in [2.45, 2.75) is 31.4 Å². The zero-order valence-corrected chi connectivity index (χ0v) is 16.2. The Morgan fingerprint density at radius 3 is 2.68 bits per heavy atom. The van der Waals surface area contributed by atoms with Gasteiger partial charge in [0.1, 0.15) is 0 Å². The molecule has 10 heteroatoms. The molecule has 162 valence electrons. The van der Waals surface area contributed by atoms with Crippen molar-refractivity contribution in [2.24, 2.45) is 0 Å². The van der Waals surface area contributed by atoms with E-state index in [4.69, 9.17) is 0 Å². The van der Waals surface area contributed by atoms with Gasteiger partial charge in [-0.2, -0.15) is 0 Å². The minimum Gasteiger partial charge on any atom is -0.372 e. The maximum Gasteiger partial charge on any atom is 0.268 e. The third-order valence-electron chi connectivity index (χ3n) is 5.52. The fourth-order valence-corrected chi connectivity index (χ4v) is 3.72. The van der Waals surface area contributed by atoms with Crippen LogP contribution in [0.3, 0.4) is 0 Å². The Labute approximate surface area is 174 Å². The average Bonchev–Trinajstić information content (AvgIpc) is 3.06. The summed E-state index contributed by atoms with van der Waals surface area (Å²) in [5, 5.41) is 15.6. The summed E-state index contributed by atoms with van der Waals surface area (Å²) in [4.78, 5) is 38.1.